The lowest BCUT2D eigenvalue weighted by Gasteiger charge is -2.43. The molecule has 130 valence electrons. The van der Waals surface area contributed by atoms with E-state index < -0.39 is 12.2 Å². The van der Waals surface area contributed by atoms with Gasteiger partial charge in [-0.15, -0.1) is 0 Å². The summed E-state index contributed by atoms with van der Waals surface area (Å²) in [5.74, 6) is -0.946. The average Bonchev–Trinajstić information content (AvgIpc) is 2.57. The van der Waals surface area contributed by atoms with Gasteiger partial charge in [0, 0.05) is 36.1 Å². The van der Waals surface area contributed by atoms with Crippen molar-refractivity contribution in [2.75, 3.05) is 0 Å². The molecule has 0 radical (unpaired) electrons. The van der Waals surface area contributed by atoms with Crippen molar-refractivity contribution in [2.45, 2.75) is 31.0 Å². The highest BCUT2D eigenvalue weighted by molar-refractivity contribution is 6.30. The molecule has 1 aromatic carbocycles. The summed E-state index contributed by atoms with van der Waals surface area (Å²) >= 11 is 6.30. The maximum absolute atomic E-state index is 11.9. The number of fused-ring (bicyclic) bond motifs is 2. The Bertz CT molecular complexity index is 855. The maximum atomic E-state index is 11.9. The van der Waals surface area contributed by atoms with Gasteiger partial charge in [-0.2, -0.15) is 0 Å². The Morgan fingerprint density at radius 1 is 1.20 bits per heavy atom. The van der Waals surface area contributed by atoms with Crippen molar-refractivity contribution in [2.24, 2.45) is 5.92 Å². The van der Waals surface area contributed by atoms with Crippen LogP contribution in [0.1, 0.15) is 29.9 Å². The number of halogens is 1. The number of carbonyl (C=O) groups is 1. The summed E-state index contributed by atoms with van der Waals surface area (Å²) in [5, 5.41) is 30.1. The van der Waals surface area contributed by atoms with Gasteiger partial charge in [0.05, 0.1) is 0 Å². The van der Waals surface area contributed by atoms with Crippen LogP contribution in [0.15, 0.2) is 30.5 Å². The Morgan fingerprint density at radius 2 is 1.96 bits per heavy atom. The first kappa shape index (κ1) is 16.2. The van der Waals surface area contributed by atoms with E-state index in [2.05, 4.69) is 4.98 Å². The third kappa shape index (κ3) is 2.62. The smallest absolute Gasteiger partial charge is 0.164 e. The van der Waals surface area contributed by atoms with Crippen LogP contribution in [0.5, 0.6) is 17.2 Å². The van der Waals surface area contributed by atoms with E-state index in [1.54, 1.807) is 12.3 Å². The minimum Gasteiger partial charge on any atom is -0.504 e. The second kappa shape index (κ2) is 5.89. The van der Waals surface area contributed by atoms with E-state index in [-0.39, 0.29) is 42.0 Å². The predicted molar refractivity (Wildman–Crippen MR) is 89.0 cm³/mol. The normalized spacial score (nSPS) is 28.0. The summed E-state index contributed by atoms with van der Waals surface area (Å²) in [6.45, 7) is 0. The molecule has 4 rings (SSSR count). The summed E-state index contributed by atoms with van der Waals surface area (Å²) in [6, 6.07) is 6.38. The van der Waals surface area contributed by atoms with Crippen LogP contribution in [0.4, 0.5) is 0 Å². The van der Waals surface area contributed by atoms with Gasteiger partial charge in [0.25, 0.3) is 0 Å². The summed E-state index contributed by atoms with van der Waals surface area (Å²) in [4.78, 5) is 16.1. The van der Waals surface area contributed by atoms with Crippen LogP contribution in [-0.4, -0.2) is 38.3 Å². The summed E-state index contributed by atoms with van der Waals surface area (Å²) in [5.41, 5.74) is 1.38. The van der Waals surface area contributed by atoms with Crippen molar-refractivity contribution in [3.8, 4) is 17.2 Å². The van der Waals surface area contributed by atoms with Crippen molar-refractivity contribution in [3.63, 3.8) is 0 Å². The number of aliphatic hydroxyl groups is 1. The molecule has 6 nitrogen and oxygen atoms in total. The molecule has 0 spiro atoms. The molecule has 4 unspecified atom stereocenters. The Morgan fingerprint density at radius 3 is 2.72 bits per heavy atom. The lowest BCUT2D eigenvalue weighted by Crippen LogP contribution is -2.46. The zero-order valence-corrected chi connectivity index (χ0v) is 13.8. The molecule has 3 N–H and O–H groups in total. The number of rotatable bonds is 1. The Labute approximate surface area is 148 Å². The van der Waals surface area contributed by atoms with Gasteiger partial charge in [0.2, 0.25) is 0 Å². The number of aromatic nitrogens is 1. The van der Waals surface area contributed by atoms with Gasteiger partial charge in [-0.25, -0.2) is 4.98 Å². The fourth-order valence-electron chi connectivity index (χ4n) is 3.85. The zero-order valence-electron chi connectivity index (χ0n) is 13.1. The van der Waals surface area contributed by atoms with Crippen molar-refractivity contribution in [1.29, 1.82) is 0 Å². The van der Waals surface area contributed by atoms with Gasteiger partial charge in [-0.05, 0) is 24.1 Å². The molecule has 2 heterocycles. The second-order valence-electron chi connectivity index (χ2n) is 6.48. The number of nitrogens with zero attached hydrogens (tertiary/aromatic N) is 1. The fourth-order valence-corrected chi connectivity index (χ4v) is 4.08. The lowest BCUT2D eigenvalue weighted by molar-refractivity contribution is -0.135. The number of hydrogen-bond acceptors (Lipinski definition) is 6. The van der Waals surface area contributed by atoms with E-state index in [0.717, 1.165) is 5.56 Å². The maximum Gasteiger partial charge on any atom is 0.164 e. The molecule has 2 aliphatic rings. The van der Waals surface area contributed by atoms with Gasteiger partial charge in [-0.1, -0.05) is 17.7 Å². The van der Waals surface area contributed by atoms with Crippen LogP contribution >= 0.6 is 11.6 Å². The molecular weight excluding hydrogens is 346 g/mol. The molecule has 7 heteroatoms. The second-order valence-corrected chi connectivity index (χ2v) is 6.84. The van der Waals surface area contributed by atoms with E-state index >= 15 is 0 Å². The number of benzene rings is 1. The topological polar surface area (TPSA) is 99.9 Å². The first-order valence-electron chi connectivity index (χ1n) is 7.99. The van der Waals surface area contributed by atoms with E-state index in [9.17, 15) is 20.1 Å². The first-order chi connectivity index (χ1) is 12.0. The van der Waals surface area contributed by atoms with Gasteiger partial charge in [0.15, 0.2) is 17.3 Å². The molecule has 1 aliphatic carbocycles. The van der Waals surface area contributed by atoms with Crippen molar-refractivity contribution in [1.82, 2.24) is 4.98 Å². The van der Waals surface area contributed by atoms with Crippen molar-refractivity contribution in [3.05, 3.63) is 46.7 Å². The summed E-state index contributed by atoms with van der Waals surface area (Å²) in [7, 11) is 0. The summed E-state index contributed by atoms with van der Waals surface area (Å²) in [6.07, 6.45) is 0.419. The molecule has 4 atom stereocenters. The minimum atomic E-state index is -1.05. The van der Waals surface area contributed by atoms with Gasteiger partial charge < -0.3 is 20.1 Å². The Kier molecular flexibility index (Phi) is 3.81. The van der Waals surface area contributed by atoms with Gasteiger partial charge in [0.1, 0.15) is 23.1 Å². The number of aliphatic hydroxyl groups excluding tert-OH is 1. The molecule has 1 aliphatic heterocycles. The van der Waals surface area contributed by atoms with Crippen molar-refractivity contribution >= 4 is 17.4 Å². The van der Waals surface area contributed by atoms with Crippen LogP contribution < -0.4 is 4.74 Å². The number of ether oxygens (including phenoxy) is 1. The van der Waals surface area contributed by atoms with Gasteiger partial charge in [-0.3, -0.25) is 4.79 Å². The zero-order chi connectivity index (χ0) is 17.7. The molecule has 0 saturated heterocycles. The number of ketones is 1. The molecule has 0 amide bonds. The number of hydrogen-bond donors (Lipinski definition) is 3. The van der Waals surface area contributed by atoms with Crippen molar-refractivity contribution < 1.29 is 24.9 Å². The average molecular weight is 362 g/mol. The number of phenolic OH excluding ortho intramolecular Hbond substituents is 2. The van der Waals surface area contributed by atoms with Crippen LogP contribution in [0.3, 0.4) is 0 Å². The van der Waals surface area contributed by atoms with E-state index in [1.807, 2.05) is 6.07 Å². The van der Waals surface area contributed by atoms with Crippen LogP contribution in [0.25, 0.3) is 0 Å². The third-order valence-electron chi connectivity index (χ3n) is 5.02. The van der Waals surface area contributed by atoms with E-state index in [4.69, 9.17) is 16.3 Å². The van der Waals surface area contributed by atoms with Crippen LogP contribution in [0.2, 0.25) is 5.15 Å². The number of pyridine rings is 1. The van der Waals surface area contributed by atoms with Crippen LogP contribution in [-0.2, 0) is 4.79 Å². The summed E-state index contributed by atoms with van der Waals surface area (Å²) < 4.78 is 5.92. The quantitative estimate of drug-likeness (QED) is 0.532. The Balaban J connectivity index is 1.90. The van der Waals surface area contributed by atoms with E-state index in [0.29, 0.717) is 16.5 Å². The number of carbonyl (C=O) groups excluding carboxylic acids is 1. The molecule has 2 aromatic rings. The molecule has 1 saturated carbocycles. The minimum absolute atomic E-state index is 0.0846. The monoisotopic (exact) mass is 361 g/mol. The lowest BCUT2D eigenvalue weighted by atomic mass is 9.69. The number of aromatic hydroxyl groups is 2. The number of Topliss-reactive ketones (excluding diaryl/α,β-unsaturated/α-hetero) is 1. The highest BCUT2D eigenvalue weighted by atomic mass is 35.5. The van der Waals surface area contributed by atoms with Crippen LogP contribution in [0, 0.1) is 5.92 Å². The highest BCUT2D eigenvalue weighted by Gasteiger charge is 2.46. The molecule has 0 bridgehead atoms. The van der Waals surface area contributed by atoms with E-state index in [1.165, 1.54) is 12.1 Å². The first-order valence-corrected chi connectivity index (χ1v) is 8.37. The predicted octanol–water partition coefficient (Wildman–Crippen LogP) is 2.38. The molecular formula is C18H16ClNO5. The SMILES string of the molecule is O=C1CC2Oc3cc(O)c(O)cc3C(c3cccnc3Cl)C2CC1O. The third-order valence-corrected chi connectivity index (χ3v) is 5.33. The Hall–Kier alpha value is -2.31. The molecule has 25 heavy (non-hydrogen) atoms. The highest BCUT2D eigenvalue weighted by Crippen LogP contribution is 2.51. The van der Waals surface area contributed by atoms with Gasteiger partial charge >= 0.3 is 0 Å². The standard InChI is InChI=1S/C18H16ClNO5/c19-18-8(2-1-3-20-18)17-9-4-11(21)13(23)6-15(9)25-16-7-14(24)12(22)5-10(16)17/h1-4,6,10,12,16-17,21-23H,5,7H2. The molecule has 1 aromatic heterocycles. The largest absolute Gasteiger partial charge is 0.504 e. The number of phenols is 2. The fraction of sp³-hybridized carbons (Fsp3) is 0.333. The molecule has 1 fully saturated rings.